The minimum Gasteiger partial charge on any atom is -0.493 e. The van der Waals surface area contributed by atoms with Crippen LogP contribution < -0.4 is 28.4 Å². The minimum absolute atomic E-state index is 0.0394. The van der Waals surface area contributed by atoms with E-state index in [-0.39, 0.29) is 72.3 Å². The fourth-order valence-corrected chi connectivity index (χ4v) is 2.74. The highest BCUT2D eigenvalue weighted by atomic mass is 16.6. The molecule has 0 aliphatic carbocycles. The van der Waals surface area contributed by atoms with Gasteiger partial charge in [-0.2, -0.15) is 0 Å². The Morgan fingerprint density at radius 2 is 0.939 bits per heavy atom. The Hall–Kier alpha value is -4.00. The number of ether oxygens (including phenoxy) is 7. The second-order valence-corrected chi connectivity index (χ2v) is 6.17. The number of nitro benzene ring substituents is 2. The van der Waals surface area contributed by atoms with Gasteiger partial charge in [0.25, 0.3) is 0 Å². The number of nitrogens with zero attached hydrogens (tertiary/aromatic N) is 2. The van der Waals surface area contributed by atoms with E-state index in [4.69, 9.17) is 33.2 Å². The van der Waals surface area contributed by atoms with Gasteiger partial charge in [-0.3, -0.25) is 20.2 Å². The van der Waals surface area contributed by atoms with Gasteiger partial charge in [-0.25, -0.2) is 0 Å². The van der Waals surface area contributed by atoms with E-state index in [1.54, 1.807) is 0 Å². The standard InChI is InChI=1S/C20H24N2O11/c1-27-15-11-19(17(29-3)9-13(15)21(23)24)32-7-5-31-6-8-33-20-12-16(28-2)14(22(25)26)10-18(20)30-4/h9-12H,5-8H2,1-4H3. The second kappa shape index (κ2) is 12.1. The highest BCUT2D eigenvalue weighted by Crippen LogP contribution is 2.40. The van der Waals surface area contributed by atoms with Crippen LogP contribution in [0.4, 0.5) is 11.4 Å². The maximum atomic E-state index is 11.1. The average Bonchev–Trinajstić information content (AvgIpc) is 2.81. The first-order chi connectivity index (χ1) is 15.9. The molecule has 0 fully saturated rings. The van der Waals surface area contributed by atoms with E-state index in [0.717, 1.165) is 0 Å². The smallest absolute Gasteiger partial charge is 0.314 e. The third kappa shape index (κ3) is 6.49. The van der Waals surface area contributed by atoms with Gasteiger partial charge in [0.05, 0.1) is 63.6 Å². The number of methoxy groups -OCH3 is 4. The largest absolute Gasteiger partial charge is 0.493 e. The van der Waals surface area contributed by atoms with Crippen molar-refractivity contribution in [3.05, 3.63) is 44.5 Å². The zero-order chi connectivity index (χ0) is 24.4. The predicted molar refractivity (Wildman–Crippen MR) is 114 cm³/mol. The van der Waals surface area contributed by atoms with Crippen molar-refractivity contribution in [1.82, 2.24) is 0 Å². The lowest BCUT2D eigenvalue weighted by molar-refractivity contribution is -0.386. The van der Waals surface area contributed by atoms with Crippen LogP contribution in [0.5, 0.6) is 34.5 Å². The summed E-state index contributed by atoms with van der Waals surface area (Å²) in [5.74, 6) is 0.982. The zero-order valence-electron chi connectivity index (χ0n) is 18.5. The Morgan fingerprint density at radius 3 is 1.24 bits per heavy atom. The summed E-state index contributed by atoms with van der Waals surface area (Å²) in [6.45, 7) is 0.636. The molecule has 0 spiro atoms. The summed E-state index contributed by atoms with van der Waals surface area (Å²) in [6, 6.07) is 5.17. The summed E-state index contributed by atoms with van der Waals surface area (Å²) < 4.78 is 36.9. The Labute approximate surface area is 189 Å². The van der Waals surface area contributed by atoms with E-state index in [9.17, 15) is 20.2 Å². The van der Waals surface area contributed by atoms with Gasteiger partial charge >= 0.3 is 11.4 Å². The summed E-state index contributed by atoms with van der Waals surface area (Å²) in [4.78, 5) is 21.0. The lowest BCUT2D eigenvalue weighted by Crippen LogP contribution is -2.13. The molecule has 0 aliphatic heterocycles. The fraction of sp³-hybridized carbons (Fsp3) is 0.400. The van der Waals surface area contributed by atoms with Crippen LogP contribution in [-0.2, 0) is 4.74 Å². The molecule has 0 aromatic heterocycles. The van der Waals surface area contributed by atoms with Crippen LogP contribution in [0.25, 0.3) is 0 Å². The molecule has 0 N–H and O–H groups in total. The molecule has 2 aromatic rings. The van der Waals surface area contributed by atoms with E-state index in [2.05, 4.69) is 0 Å². The number of rotatable bonds is 14. The third-order valence-electron chi connectivity index (χ3n) is 4.29. The van der Waals surface area contributed by atoms with Gasteiger partial charge in [-0.05, 0) is 0 Å². The molecule has 2 rings (SSSR count). The molecule has 2 aromatic carbocycles. The van der Waals surface area contributed by atoms with E-state index in [1.165, 1.54) is 52.7 Å². The molecule has 0 aliphatic rings. The molecule has 33 heavy (non-hydrogen) atoms. The molecule has 0 amide bonds. The first-order valence-corrected chi connectivity index (χ1v) is 9.50. The highest BCUT2D eigenvalue weighted by Gasteiger charge is 2.21. The number of hydrogen-bond donors (Lipinski definition) is 0. The topological polar surface area (TPSA) is 151 Å². The van der Waals surface area contributed by atoms with Crippen LogP contribution >= 0.6 is 0 Å². The van der Waals surface area contributed by atoms with Crippen molar-refractivity contribution in [2.24, 2.45) is 0 Å². The van der Waals surface area contributed by atoms with Crippen molar-refractivity contribution >= 4 is 11.4 Å². The molecule has 0 unspecified atom stereocenters. The normalized spacial score (nSPS) is 10.3. The van der Waals surface area contributed by atoms with Crippen molar-refractivity contribution in [3.63, 3.8) is 0 Å². The van der Waals surface area contributed by atoms with Crippen LogP contribution in [0.3, 0.4) is 0 Å². The van der Waals surface area contributed by atoms with Crippen LogP contribution in [0, 0.1) is 20.2 Å². The Balaban J connectivity index is 1.86. The van der Waals surface area contributed by atoms with Gasteiger partial charge in [0.2, 0.25) is 11.5 Å². The summed E-state index contributed by atoms with van der Waals surface area (Å²) in [6.07, 6.45) is 0. The summed E-state index contributed by atoms with van der Waals surface area (Å²) in [5, 5.41) is 22.2. The van der Waals surface area contributed by atoms with E-state index < -0.39 is 9.85 Å². The van der Waals surface area contributed by atoms with Crippen molar-refractivity contribution < 1.29 is 43.0 Å². The number of hydrogen-bond acceptors (Lipinski definition) is 11. The van der Waals surface area contributed by atoms with Crippen molar-refractivity contribution in [3.8, 4) is 34.5 Å². The van der Waals surface area contributed by atoms with Crippen molar-refractivity contribution in [2.45, 2.75) is 0 Å². The summed E-state index contributed by atoms with van der Waals surface area (Å²) in [7, 11) is 5.37. The van der Waals surface area contributed by atoms with Crippen LogP contribution in [-0.4, -0.2) is 64.7 Å². The zero-order valence-corrected chi connectivity index (χ0v) is 18.5. The number of nitro groups is 2. The molecule has 0 bridgehead atoms. The molecule has 180 valence electrons. The summed E-state index contributed by atoms with van der Waals surface area (Å²) in [5.41, 5.74) is -0.484. The maximum Gasteiger partial charge on any atom is 0.314 e. The van der Waals surface area contributed by atoms with Gasteiger partial charge < -0.3 is 33.2 Å². The lowest BCUT2D eigenvalue weighted by atomic mass is 10.2. The Bertz CT molecular complexity index is 903. The maximum absolute atomic E-state index is 11.1. The van der Waals surface area contributed by atoms with Gasteiger partial charge in [0.1, 0.15) is 13.2 Å². The van der Waals surface area contributed by atoms with Crippen LogP contribution in [0.2, 0.25) is 0 Å². The quantitative estimate of drug-likeness (QED) is 0.228. The molecular weight excluding hydrogens is 444 g/mol. The molecule has 0 saturated carbocycles. The number of benzene rings is 2. The SMILES string of the molecule is COc1cc([N+](=O)[O-])c(OC)cc1OCCOCCOc1cc(OC)c([N+](=O)[O-])cc1OC. The van der Waals surface area contributed by atoms with Gasteiger partial charge in [0, 0.05) is 12.1 Å². The van der Waals surface area contributed by atoms with Gasteiger partial charge in [-0.15, -0.1) is 0 Å². The Morgan fingerprint density at radius 1 is 0.576 bits per heavy atom. The molecule has 0 radical (unpaired) electrons. The van der Waals surface area contributed by atoms with E-state index in [1.807, 2.05) is 0 Å². The third-order valence-corrected chi connectivity index (χ3v) is 4.29. The second-order valence-electron chi connectivity index (χ2n) is 6.17. The Kier molecular flexibility index (Phi) is 9.30. The first kappa shape index (κ1) is 25.3. The molecular formula is C20H24N2O11. The van der Waals surface area contributed by atoms with E-state index >= 15 is 0 Å². The minimum atomic E-state index is -0.580. The molecule has 13 nitrogen and oxygen atoms in total. The van der Waals surface area contributed by atoms with E-state index in [0.29, 0.717) is 0 Å². The van der Waals surface area contributed by atoms with Gasteiger partial charge in [0.15, 0.2) is 23.0 Å². The molecule has 0 atom stereocenters. The first-order valence-electron chi connectivity index (χ1n) is 9.50. The molecule has 0 heterocycles. The monoisotopic (exact) mass is 468 g/mol. The van der Waals surface area contributed by atoms with Crippen LogP contribution in [0.1, 0.15) is 0 Å². The fourth-order valence-electron chi connectivity index (χ4n) is 2.74. The lowest BCUT2D eigenvalue weighted by Gasteiger charge is -2.14. The van der Waals surface area contributed by atoms with Crippen molar-refractivity contribution in [2.75, 3.05) is 54.9 Å². The van der Waals surface area contributed by atoms with Crippen molar-refractivity contribution in [1.29, 1.82) is 0 Å². The van der Waals surface area contributed by atoms with Gasteiger partial charge in [-0.1, -0.05) is 0 Å². The highest BCUT2D eigenvalue weighted by molar-refractivity contribution is 5.59. The average molecular weight is 468 g/mol. The summed E-state index contributed by atoms with van der Waals surface area (Å²) >= 11 is 0. The predicted octanol–water partition coefficient (Wildman–Crippen LogP) is 3.01. The van der Waals surface area contributed by atoms with Crippen LogP contribution in [0.15, 0.2) is 24.3 Å². The molecule has 13 heteroatoms. The molecule has 0 saturated heterocycles.